The lowest BCUT2D eigenvalue weighted by Gasteiger charge is -2.38. The number of rotatable bonds is 6. The number of fused-ring (bicyclic) bond motifs is 2. The van der Waals surface area contributed by atoms with E-state index >= 15 is 0 Å². The number of carbonyl (C=O) groups excluding carboxylic acids is 4. The third-order valence-electron chi connectivity index (χ3n) is 7.21. The van der Waals surface area contributed by atoms with Gasteiger partial charge in [-0.25, -0.2) is 0 Å². The lowest BCUT2D eigenvalue weighted by Crippen LogP contribution is -2.56. The molecule has 1 N–H and O–H groups in total. The van der Waals surface area contributed by atoms with Gasteiger partial charge in [0.05, 0.1) is 18.3 Å². The minimum Gasteiger partial charge on any atom is -0.378 e. The number of ether oxygens (including phenoxy) is 1. The van der Waals surface area contributed by atoms with Crippen molar-refractivity contribution in [2.24, 2.45) is 0 Å². The number of nitrogens with zero attached hydrogens (tertiary/aromatic N) is 3. The second-order valence-electron chi connectivity index (χ2n) is 9.43. The van der Waals surface area contributed by atoms with Gasteiger partial charge in [-0.3, -0.25) is 24.1 Å². The number of carbonyl (C=O) groups is 4. The summed E-state index contributed by atoms with van der Waals surface area (Å²) >= 11 is 0. The van der Waals surface area contributed by atoms with Crippen molar-refractivity contribution in [1.82, 2.24) is 15.1 Å². The molecule has 3 heterocycles. The first-order valence-electron chi connectivity index (χ1n) is 12.1. The molecule has 3 aliphatic rings. The zero-order valence-corrected chi connectivity index (χ0v) is 20.9. The molecule has 2 aromatic carbocycles. The summed E-state index contributed by atoms with van der Waals surface area (Å²) in [5, 5.41) is 2.48. The molecular formula is C28H28N4O5. The standard InChI is InChI=1S/C28H28N4O5/c1-16(27(35)30-13-21(14-30)37-4)29-26(34)17(2)32-15-24-22(6-5-7-23(24)28(32)36)19-8-9-25-20(12-19)10-11-31(25)18(3)33/h5-9,12,21H,1-2,10-11,13-15H2,3-4H3,(H,29,34). The summed E-state index contributed by atoms with van der Waals surface area (Å²) in [7, 11) is 1.58. The van der Waals surface area contributed by atoms with E-state index in [-0.39, 0.29) is 35.9 Å². The Morgan fingerprint density at radius 2 is 1.78 bits per heavy atom. The van der Waals surface area contributed by atoms with Crippen molar-refractivity contribution in [3.63, 3.8) is 0 Å². The zero-order valence-electron chi connectivity index (χ0n) is 20.9. The van der Waals surface area contributed by atoms with E-state index in [0.29, 0.717) is 25.2 Å². The predicted molar refractivity (Wildman–Crippen MR) is 137 cm³/mol. The fourth-order valence-corrected chi connectivity index (χ4v) is 5.05. The quantitative estimate of drug-likeness (QED) is 0.614. The van der Waals surface area contributed by atoms with Gasteiger partial charge in [-0.15, -0.1) is 0 Å². The van der Waals surface area contributed by atoms with Crippen LogP contribution in [-0.4, -0.2) is 66.3 Å². The summed E-state index contributed by atoms with van der Waals surface area (Å²) in [6.45, 7) is 10.8. The topological polar surface area (TPSA) is 99.3 Å². The van der Waals surface area contributed by atoms with E-state index in [9.17, 15) is 19.2 Å². The van der Waals surface area contributed by atoms with Gasteiger partial charge in [-0.05, 0) is 46.9 Å². The zero-order chi connectivity index (χ0) is 26.4. The van der Waals surface area contributed by atoms with Gasteiger partial charge < -0.3 is 19.9 Å². The molecule has 0 saturated carbocycles. The largest absolute Gasteiger partial charge is 0.378 e. The van der Waals surface area contributed by atoms with E-state index in [4.69, 9.17) is 4.74 Å². The smallest absolute Gasteiger partial charge is 0.271 e. The Morgan fingerprint density at radius 3 is 2.49 bits per heavy atom. The van der Waals surface area contributed by atoms with Crippen molar-refractivity contribution in [1.29, 1.82) is 0 Å². The van der Waals surface area contributed by atoms with Crippen LogP contribution >= 0.6 is 0 Å². The monoisotopic (exact) mass is 500 g/mol. The Bertz CT molecular complexity index is 1370. The Morgan fingerprint density at radius 1 is 1.05 bits per heavy atom. The summed E-state index contributed by atoms with van der Waals surface area (Å²) in [5.74, 6) is -1.37. The Labute approximate surface area is 215 Å². The number of nitrogens with one attached hydrogen (secondary N) is 1. The maximum atomic E-state index is 13.2. The molecule has 5 rings (SSSR count). The molecule has 0 spiro atoms. The van der Waals surface area contributed by atoms with E-state index < -0.39 is 11.8 Å². The van der Waals surface area contributed by atoms with Gasteiger partial charge in [0.1, 0.15) is 5.70 Å². The summed E-state index contributed by atoms with van der Waals surface area (Å²) in [6.07, 6.45) is 0.752. The third kappa shape index (κ3) is 4.21. The maximum absolute atomic E-state index is 13.2. The van der Waals surface area contributed by atoms with Gasteiger partial charge in [0, 0.05) is 44.9 Å². The van der Waals surface area contributed by atoms with Crippen LogP contribution < -0.4 is 10.2 Å². The summed E-state index contributed by atoms with van der Waals surface area (Å²) in [5.41, 5.74) is 4.97. The second-order valence-corrected chi connectivity index (χ2v) is 9.43. The van der Waals surface area contributed by atoms with E-state index in [2.05, 4.69) is 24.5 Å². The lowest BCUT2D eigenvalue weighted by molar-refractivity contribution is -0.139. The highest BCUT2D eigenvalue weighted by atomic mass is 16.5. The summed E-state index contributed by atoms with van der Waals surface area (Å²) in [4.78, 5) is 55.1. The van der Waals surface area contributed by atoms with Crippen LogP contribution in [0, 0.1) is 0 Å². The van der Waals surface area contributed by atoms with Gasteiger partial charge >= 0.3 is 0 Å². The minimum absolute atomic E-state index is 0.0126. The fraction of sp³-hybridized carbons (Fsp3) is 0.286. The summed E-state index contributed by atoms with van der Waals surface area (Å²) in [6, 6.07) is 11.4. The van der Waals surface area contributed by atoms with Crippen molar-refractivity contribution < 1.29 is 23.9 Å². The van der Waals surface area contributed by atoms with E-state index in [0.717, 1.165) is 34.4 Å². The highest BCUT2D eigenvalue weighted by Gasteiger charge is 2.35. The van der Waals surface area contributed by atoms with Gasteiger partial charge in [0.15, 0.2) is 0 Å². The molecule has 4 amide bonds. The molecule has 3 aliphatic heterocycles. The minimum atomic E-state index is -0.660. The van der Waals surface area contributed by atoms with Crippen molar-refractivity contribution >= 4 is 29.3 Å². The van der Waals surface area contributed by atoms with Gasteiger partial charge in [-0.2, -0.15) is 0 Å². The van der Waals surface area contributed by atoms with Crippen LogP contribution in [-0.2, 0) is 32.1 Å². The van der Waals surface area contributed by atoms with Crippen molar-refractivity contribution in [2.75, 3.05) is 31.6 Å². The normalized spacial score (nSPS) is 16.3. The number of amides is 4. The Balaban J connectivity index is 1.31. The average Bonchev–Trinajstić information content (AvgIpc) is 3.43. The molecule has 0 atom stereocenters. The Kier molecular flexibility index (Phi) is 6.16. The molecule has 190 valence electrons. The highest BCUT2D eigenvalue weighted by Crippen LogP contribution is 2.37. The first-order chi connectivity index (χ1) is 17.7. The first-order valence-corrected chi connectivity index (χ1v) is 12.1. The van der Waals surface area contributed by atoms with Crippen LogP contribution in [0.25, 0.3) is 11.1 Å². The van der Waals surface area contributed by atoms with Gasteiger partial charge in [-0.1, -0.05) is 31.4 Å². The fourth-order valence-electron chi connectivity index (χ4n) is 5.05. The Hall–Kier alpha value is -4.24. The molecule has 9 heteroatoms. The maximum Gasteiger partial charge on any atom is 0.271 e. The van der Waals surface area contributed by atoms with Crippen molar-refractivity contribution in [2.45, 2.75) is 26.0 Å². The lowest BCUT2D eigenvalue weighted by atomic mass is 9.95. The molecule has 37 heavy (non-hydrogen) atoms. The first kappa shape index (κ1) is 24.5. The molecule has 0 bridgehead atoms. The predicted octanol–water partition coefficient (Wildman–Crippen LogP) is 2.22. The van der Waals surface area contributed by atoms with Crippen LogP contribution in [0.2, 0.25) is 0 Å². The van der Waals surface area contributed by atoms with Crippen LogP contribution in [0.3, 0.4) is 0 Å². The number of anilines is 1. The average molecular weight is 501 g/mol. The van der Waals surface area contributed by atoms with E-state index in [1.165, 1.54) is 9.80 Å². The number of hydrogen-bond donors (Lipinski definition) is 1. The van der Waals surface area contributed by atoms with Gasteiger partial charge in [0.2, 0.25) is 5.91 Å². The van der Waals surface area contributed by atoms with Gasteiger partial charge in [0.25, 0.3) is 17.7 Å². The SMILES string of the molecule is C=C(NC(=O)C(=C)N1Cc2c(cccc2-c2ccc3c(c2)CCN3C(C)=O)C1=O)C(=O)N1CC(OC)C1. The van der Waals surface area contributed by atoms with Crippen LogP contribution in [0.15, 0.2) is 61.0 Å². The van der Waals surface area contributed by atoms with Crippen molar-refractivity contribution in [3.8, 4) is 11.1 Å². The second kappa shape index (κ2) is 9.33. The van der Waals surface area contributed by atoms with Crippen molar-refractivity contribution in [3.05, 3.63) is 77.6 Å². The summed E-state index contributed by atoms with van der Waals surface area (Å²) < 4.78 is 5.17. The molecule has 2 aromatic rings. The highest BCUT2D eigenvalue weighted by molar-refractivity contribution is 6.08. The number of likely N-dealkylation sites (tertiary alicyclic amines) is 1. The van der Waals surface area contributed by atoms with Crippen LogP contribution in [0.1, 0.15) is 28.4 Å². The third-order valence-corrected chi connectivity index (χ3v) is 7.21. The molecule has 9 nitrogen and oxygen atoms in total. The number of hydrogen-bond acceptors (Lipinski definition) is 5. The molecule has 0 aromatic heterocycles. The molecule has 0 radical (unpaired) electrons. The van der Waals surface area contributed by atoms with Crippen LogP contribution in [0.4, 0.5) is 5.69 Å². The molecule has 1 fully saturated rings. The molecule has 0 aliphatic carbocycles. The van der Waals surface area contributed by atoms with E-state index in [1.54, 1.807) is 25.0 Å². The molecule has 0 unspecified atom stereocenters. The molecular weight excluding hydrogens is 472 g/mol. The molecule has 1 saturated heterocycles. The van der Waals surface area contributed by atoms with E-state index in [1.807, 2.05) is 24.3 Å². The van der Waals surface area contributed by atoms with Crippen LogP contribution in [0.5, 0.6) is 0 Å². The number of benzene rings is 2. The number of methoxy groups -OCH3 is 1.